The topological polar surface area (TPSA) is 37.3 Å². The molecule has 1 aliphatic rings. The van der Waals surface area contributed by atoms with Crippen LogP contribution in [0.15, 0.2) is 23.3 Å². The lowest BCUT2D eigenvalue weighted by molar-refractivity contribution is -0.117. The summed E-state index contributed by atoms with van der Waals surface area (Å²) in [6, 6.07) is 0. The van der Waals surface area contributed by atoms with Gasteiger partial charge >= 0.3 is 0 Å². The zero-order valence-electron chi connectivity index (χ0n) is 16.0. The van der Waals surface area contributed by atoms with Crippen molar-refractivity contribution in [1.82, 2.24) is 0 Å². The van der Waals surface area contributed by atoms with Gasteiger partial charge in [-0.3, -0.25) is 0 Å². The van der Waals surface area contributed by atoms with Crippen LogP contribution in [0.3, 0.4) is 0 Å². The van der Waals surface area contributed by atoms with Crippen LogP contribution in [0.1, 0.15) is 80.1 Å². The van der Waals surface area contributed by atoms with E-state index in [9.17, 15) is 9.90 Å². The van der Waals surface area contributed by atoms with E-state index >= 15 is 0 Å². The smallest absolute Gasteiger partial charge is 0.130 e. The van der Waals surface area contributed by atoms with Crippen molar-refractivity contribution in [3.63, 3.8) is 0 Å². The zero-order chi connectivity index (χ0) is 17.6. The molecule has 2 nitrogen and oxygen atoms in total. The molecule has 0 saturated carbocycles. The first-order chi connectivity index (χ1) is 10.6. The highest BCUT2D eigenvalue weighted by Crippen LogP contribution is 2.42. The number of ketones is 1. The van der Waals surface area contributed by atoms with Crippen molar-refractivity contribution in [3.8, 4) is 0 Å². The molecule has 1 N–H and O–H groups in total. The second-order valence-corrected chi connectivity index (χ2v) is 8.29. The average molecular weight is 321 g/mol. The summed E-state index contributed by atoms with van der Waals surface area (Å²) in [5.74, 6) is 1.23. The average Bonchev–Trinajstić information content (AvgIpc) is 2.42. The molecule has 0 fully saturated rings. The van der Waals surface area contributed by atoms with Gasteiger partial charge in [0, 0.05) is 6.42 Å². The summed E-state index contributed by atoms with van der Waals surface area (Å²) in [5, 5.41) is 10.1. The third-order valence-electron chi connectivity index (χ3n) is 5.34. The van der Waals surface area contributed by atoms with Crippen LogP contribution in [0, 0.1) is 17.3 Å². The molecular weight excluding hydrogens is 284 g/mol. The van der Waals surface area contributed by atoms with Gasteiger partial charge in [-0.05, 0) is 68.8 Å². The van der Waals surface area contributed by atoms with Crippen molar-refractivity contribution in [2.45, 2.75) is 86.2 Å². The van der Waals surface area contributed by atoms with Crippen molar-refractivity contribution in [3.05, 3.63) is 23.3 Å². The van der Waals surface area contributed by atoms with Gasteiger partial charge in [0.2, 0.25) is 0 Å². The van der Waals surface area contributed by atoms with E-state index in [2.05, 4.69) is 46.8 Å². The van der Waals surface area contributed by atoms with E-state index in [1.807, 2.05) is 0 Å². The Morgan fingerprint density at radius 2 is 2.04 bits per heavy atom. The fraction of sp³-hybridized carbons (Fsp3) is 0.762. The molecule has 1 aliphatic carbocycles. The minimum absolute atomic E-state index is 0.231. The van der Waals surface area contributed by atoms with Crippen LogP contribution < -0.4 is 0 Å². The molecule has 0 aromatic carbocycles. The molecule has 23 heavy (non-hydrogen) atoms. The van der Waals surface area contributed by atoms with Gasteiger partial charge in [-0.25, -0.2) is 0 Å². The van der Waals surface area contributed by atoms with Gasteiger partial charge in [-0.1, -0.05) is 45.4 Å². The van der Waals surface area contributed by atoms with Crippen molar-refractivity contribution >= 4 is 5.78 Å². The Labute approximate surface area is 143 Å². The molecular formula is C21H36O2. The van der Waals surface area contributed by atoms with E-state index in [-0.39, 0.29) is 17.3 Å². The number of hydrogen-bond acceptors (Lipinski definition) is 2. The Balaban J connectivity index is 2.49. The van der Waals surface area contributed by atoms with Gasteiger partial charge in [-0.15, -0.1) is 0 Å². The Bertz CT molecular complexity index is 456. The molecule has 2 heteroatoms. The monoisotopic (exact) mass is 320 g/mol. The van der Waals surface area contributed by atoms with Crippen LogP contribution in [0.5, 0.6) is 0 Å². The van der Waals surface area contributed by atoms with Crippen molar-refractivity contribution in [2.24, 2.45) is 17.3 Å². The SMILES string of the molecule is CC(=O)CC(C)C=CCC(C)CCC1=C(C)C(O)CCC1(C)C. The molecule has 0 saturated heterocycles. The standard InChI is InChI=1S/C21H36O2/c1-15(8-7-9-16(2)14-17(3)22)10-11-19-18(4)20(23)12-13-21(19,5)6/h7,9,15-16,20,23H,8,10-14H2,1-6H3. The molecule has 0 heterocycles. The lowest BCUT2D eigenvalue weighted by atomic mass is 9.70. The molecule has 1 rings (SSSR count). The minimum Gasteiger partial charge on any atom is -0.389 e. The summed E-state index contributed by atoms with van der Waals surface area (Å²) in [7, 11) is 0. The number of hydrogen-bond donors (Lipinski definition) is 1. The lowest BCUT2D eigenvalue weighted by Crippen LogP contribution is -2.28. The van der Waals surface area contributed by atoms with Gasteiger partial charge in [0.25, 0.3) is 0 Å². The summed E-state index contributed by atoms with van der Waals surface area (Å²) >= 11 is 0. The number of aliphatic hydroxyl groups excluding tert-OH is 1. The number of allylic oxidation sites excluding steroid dienone is 3. The summed E-state index contributed by atoms with van der Waals surface area (Å²) < 4.78 is 0. The first-order valence-electron chi connectivity index (χ1n) is 9.17. The normalized spacial score (nSPS) is 24.0. The Kier molecular flexibility index (Phi) is 7.73. The number of aliphatic hydroxyl groups is 1. The van der Waals surface area contributed by atoms with Crippen molar-refractivity contribution in [1.29, 1.82) is 0 Å². The number of carbonyl (C=O) groups excluding carboxylic acids is 1. The molecule has 0 spiro atoms. The van der Waals surface area contributed by atoms with Gasteiger partial charge in [0.1, 0.15) is 5.78 Å². The molecule has 0 aromatic rings. The lowest BCUT2D eigenvalue weighted by Gasteiger charge is -2.37. The van der Waals surface area contributed by atoms with Crippen LogP contribution >= 0.6 is 0 Å². The third kappa shape index (κ3) is 6.63. The molecule has 3 unspecified atom stereocenters. The van der Waals surface area contributed by atoms with Gasteiger partial charge < -0.3 is 9.90 Å². The molecule has 0 radical (unpaired) electrons. The molecule has 0 amide bonds. The maximum atomic E-state index is 11.1. The van der Waals surface area contributed by atoms with Gasteiger partial charge in [-0.2, -0.15) is 0 Å². The number of carbonyl (C=O) groups is 1. The van der Waals surface area contributed by atoms with E-state index in [4.69, 9.17) is 0 Å². The number of Topliss-reactive ketones (excluding diaryl/α,β-unsaturated/α-hetero) is 1. The highest BCUT2D eigenvalue weighted by molar-refractivity contribution is 5.75. The molecule has 132 valence electrons. The molecule has 3 atom stereocenters. The summed E-state index contributed by atoms with van der Waals surface area (Å²) in [4.78, 5) is 11.1. The van der Waals surface area contributed by atoms with E-state index in [1.54, 1.807) is 6.92 Å². The Hall–Kier alpha value is -0.890. The maximum absolute atomic E-state index is 11.1. The highest BCUT2D eigenvalue weighted by atomic mass is 16.3. The minimum atomic E-state index is -0.236. The fourth-order valence-corrected chi connectivity index (χ4v) is 3.71. The quantitative estimate of drug-likeness (QED) is 0.603. The van der Waals surface area contributed by atoms with Crippen LogP contribution in [0.25, 0.3) is 0 Å². The second-order valence-electron chi connectivity index (χ2n) is 8.29. The molecule has 0 bridgehead atoms. The van der Waals surface area contributed by atoms with E-state index in [0.29, 0.717) is 18.3 Å². The third-order valence-corrected chi connectivity index (χ3v) is 5.34. The van der Waals surface area contributed by atoms with Crippen LogP contribution in [0.2, 0.25) is 0 Å². The van der Waals surface area contributed by atoms with Crippen LogP contribution in [0.4, 0.5) is 0 Å². The second kappa shape index (κ2) is 8.82. The van der Waals surface area contributed by atoms with E-state index < -0.39 is 0 Å². The van der Waals surface area contributed by atoms with Gasteiger partial charge in [0.05, 0.1) is 6.10 Å². The van der Waals surface area contributed by atoms with Crippen molar-refractivity contribution in [2.75, 3.05) is 0 Å². The summed E-state index contributed by atoms with van der Waals surface area (Å²) in [6.45, 7) is 12.8. The first kappa shape index (κ1) is 20.2. The van der Waals surface area contributed by atoms with Gasteiger partial charge in [0.15, 0.2) is 0 Å². The number of rotatable bonds is 8. The predicted molar refractivity (Wildman–Crippen MR) is 98.3 cm³/mol. The largest absolute Gasteiger partial charge is 0.389 e. The highest BCUT2D eigenvalue weighted by Gasteiger charge is 2.31. The molecule has 0 aliphatic heterocycles. The zero-order valence-corrected chi connectivity index (χ0v) is 16.0. The van der Waals surface area contributed by atoms with Crippen molar-refractivity contribution < 1.29 is 9.90 Å². The molecule has 0 aromatic heterocycles. The summed E-state index contributed by atoms with van der Waals surface area (Å²) in [5.41, 5.74) is 2.91. The van der Waals surface area contributed by atoms with Crippen LogP contribution in [-0.2, 0) is 4.79 Å². The maximum Gasteiger partial charge on any atom is 0.130 e. The van der Waals surface area contributed by atoms with E-state index in [0.717, 1.165) is 32.1 Å². The predicted octanol–water partition coefficient (Wildman–Crippen LogP) is 5.46. The first-order valence-corrected chi connectivity index (χ1v) is 9.17. The Morgan fingerprint density at radius 3 is 2.65 bits per heavy atom. The summed E-state index contributed by atoms with van der Waals surface area (Å²) in [6.07, 6.45) is 10.1. The fourth-order valence-electron chi connectivity index (χ4n) is 3.71. The van der Waals surface area contributed by atoms with E-state index in [1.165, 1.54) is 11.1 Å². The Morgan fingerprint density at radius 1 is 1.39 bits per heavy atom. The van der Waals surface area contributed by atoms with Crippen LogP contribution in [-0.4, -0.2) is 17.0 Å².